The molecule has 1 fully saturated rings. The minimum absolute atomic E-state index is 0.0160. The number of benzene rings is 1. The van der Waals surface area contributed by atoms with Crippen LogP contribution in [0.2, 0.25) is 0 Å². The van der Waals surface area contributed by atoms with Crippen molar-refractivity contribution in [3.8, 4) is 0 Å². The first-order chi connectivity index (χ1) is 10.1. The second kappa shape index (κ2) is 8.15. The van der Waals surface area contributed by atoms with Crippen molar-refractivity contribution in [1.82, 2.24) is 0 Å². The lowest BCUT2D eigenvalue weighted by Crippen LogP contribution is -2.19. The van der Waals surface area contributed by atoms with Crippen molar-refractivity contribution < 1.29 is 9.53 Å². The molecule has 0 aromatic heterocycles. The van der Waals surface area contributed by atoms with E-state index in [0.29, 0.717) is 25.6 Å². The van der Waals surface area contributed by atoms with Gasteiger partial charge in [-0.15, -0.1) is 0 Å². The molecule has 0 aliphatic heterocycles. The van der Waals surface area contributed by atoms with Crippen LogP contribution in [-0.2, 0) is 16.1 Å². The average Bonchev–Trinajstić information content (AvgIpc) is 2.98. The number of nitrogens with two attached hydrogens (primary N) is 1. The highest BCUT2D eigenvalue weighted by atomic mass is 16.5. The maximum Gasteiger partial charge on any atom is 0.224 e. The summed E-state index contributed by atoms with van der Waals surface area (Å²) in [5, 5.41) is 2.89. The van der Waals surface area contributed by atoms with Gasteiger partial charge in [-0.25, -0.2) is 0 Å². The van der Waals surface area contributed by atoms with E-state index in [4.69, 9.17) is 10.5 Å². The highest BCUT2D eigenvalue weighted by Gasteiger charge is 2.15. The third kappa shape index (κ3) is 5.86. The van der Waals surface area contributed by atoms with Gasteiger partial charge in [0.1, 0.15) is 0 Å². The molecule has 1 atom stereocenters. The minimum Gasteiger partial charge on any atom is -0.374 e. The summed E-state index contributed by atoms with van der Waals surface area (Å²) in [4.78, 5) is 11.7. The van der Waals surface area contributed by atoms with Crippen LogP contribution in [0.1, 0.15) is 51.0 Å². The molecule has 1 aliphatic carbocycles. The normalized spacial score (nSPS) is 16.9. The van der Waals surface area contributed by atoms with Crippen LogP contribution in [0, 0.1) is 0 Å². The van der Waals surface area contributed by atoms with Crippen molar-refractivity contribution >= 4 is 11.6 Å². The van der Waals surface area contributed by atoms with Gasteiger partial charge in [0.2, 0.25) is 5.91 Å². The Hall–Kier alpha value is -1.39. The smallest absolute Gasteiger partial charge is 0.224 e. The summed E-state index contributed by atoms with van der Waals surface area (Å²) in [6.07, 6.45) is 6.56. The number of hydrogen-bond donors (Lipinski definition) is 2. The Morgan fingerprint density at radius 2 is 2.00 bits per heavy atom. The lowest BCUT2D eigenvalue weighted by Gasteiger charge is -2.11. The van der Waals surface area contributed by atoms with Gasteiger partial charge in [0, 0.05) is 18.2 Å². The zero-order chi connectivity index (χ0) is 15.1. The molecular formula is C17H26N2O2. The Kier molecular flexibility index (Phi) is 6.21. The van der Waals surface area contributed by atoms with Crippen LogP contribution in [0.25, 0.3) is 0 Å². The second-order valence-corrected chi connectivity index (χ2v) is 5.98. The maximum absolute atomic E-state index is 11.7. The molecule has 0 bridgehead atoms. The molecule has 1 amide bonds. The molecule has 4 nitrogen and oxygen atoms in total. The predicted molar refractivity (Wildman–Crippen MR) is 85.0 cm³/mol. The zero-order valence-corrected chi connectivity index (χ0v) is 12.8. The molecule has 21 heavy (non-hydrogen) atoms. The fraction of sp³-hybridized carbons (Fsp3) is 0.588. The molecule has 1 aliphatic rings. The quantitative estimate of drug-likeness (QED) is 0.810. The minimum atomic E-state index is 0.0160. The summed E-state index contributed by atoms with van der Waals surface area (Å²) in [7, 11) is 0. The summed E-state index contributed by atoms with van der Waals surface area (Å²) < 4.78 is 5.87. The number of carbonyl (C=O) groups is 1. The second-order valence-electron chi connectivity index (χ2n) is 5.98. The first kappa shape index (κ1) is 16.0. The molecule has 0 saturated heterocycles. The molecule has 0 heterocycles. The monoisotopic (exact) mass is 290 g/mol. The van der Waals surface area contributed by atoms with Crippen LogP contribution in [0.15, 0.2) is 24.3 Å². The van der Waals surface area contributed by atoms with Crippen molar-refractivity contribution in [3.05, 3.63) is 29.8 Å². The molecular weight excluding hydrogens is 264 g/mol. The van der Waals surface area contributed by atoms with Crippen LogP contribution in [-0.4, -0.2) is 18.1 Å². The summed E-state index contributed by atoms with van der Waals surface area (Å²) in [6, 6.07) is 7.94. The summed E-state index contributed by atoms with van der Waals surface area (Å²) in [5.41, 5.74) is 7.62. The predicted octanol–water partition coefficient (Wildman–Crippen LogP) is 3.21. The molecule has 2 rings (SSSR count). The van der Waals surface area contributed by atoms with Gasteiger partial charge in [0.25, 0.3) is 0 Å². The van der Waals surface area contributed by atoms with Crippen LogP contribution in [0.5, 0.6) is 0 Å². The van der Waals surface area contributed by atoms with Gasteiger partial charge in [-0.3, -0.25) is 4.79 Å². The van der Waals surface area contributed by atoms with Crippen molar-refractivity contribution in [2.75, 3.05) is 5.32 Å². The number of rotatable bonds is 7. The third-order valence-corrected chi connectivity index (χ3v) is 3.85. The summed E-state index contributed by atoms with van der Waals surface area (Å²) >= 11 is 0. The van der Waals surface area contributed by atoms with Gasteiger partial charge in [-0.1, -0.05) is 25.0 Å². The molecule has 1 aromatic carbocycles. The number of ether oxygens (including phenoxy) is 1. The fourth-order valence-electron chi connectivity index (χ4n) is 2.54. The SMILES string of the molecule is CC(N)CCC(=O)Nc1ccc(COC2CCCC2)cc1. The molecule has 0 radical (unpaired) electrons. The first-order valence-electron chi connectivity index (χ1n) is 7.89. The third-order valence-electron chi connectivity index (χ3n) is 3.85. The van der Waals surface area contributed by atoms with Crippen molar-refractivity contribution in [3.63, 3.8) is 0 Å². The van der Waals surface area contributed by atoms with Crippen LogP contribution < -0.4 is 11.1 Å². The van der Waals surface area contributed by atoms with E-state index in [1.54, 1.807) is 0 Å². The van der Waals surface area contributed by atoms with Gasteiger partial charge in [-0.2, -0.15) is 0 Å². The van der Waals surface area contributed by atoms with Gasteiger partial charge >= 0.3 is 0 Å². The number of nitrogens with one attached hydrogen (secondary N) is 1. The van der Waals surface area contributed by atoms with E-state index in [-0.39, 0.29) is 11.9 Å². The summed E-state index contributed by atoms with van der Waals surface area (Å²) in [5.74, 6) is 0.0160. The zero-order valence-electron chi connectivity index (χ0n) is 12.8. The van der Waals surface area contributed by atoms with E-state index >= 15 is 0 Å². The highest BCUT2D eigenvalue weighted by molar-refractivity contribution is 5.90. The maximum atomic E-state index is 11.7. The van der Waals surface area contributed by atoms with Crippen LogP contribution in [0.3, 0.4) is 0 Å². The van der Waals surface area contributed by atoms with Crippen molar-refractivity contribution in [2.45, 2.75) is 64.2 Å². The lowest BCUT2D eigenvalue weighted by atomic mass is 10.2. The molecule has 3 N–H and O–H groups in total. The van der Waals surface area contributed by atoms with E-state index in [0.717, 1.165) is 11.3 Å². The Morgan fingerprint density at radius 1 is 1.33 bits per heavy atom. The molecule has 1 unspecified atom stereocenters. The molecule has 4 heteroatoms. The number of anilines is 1. The molecule has 116 valence electrons. The van der Waals surface area contributed by atoms with E-state index in [9.17, 15) is 4.79 Å². The Balaban J connectivity index is 1.74. The first-order valence-corrected chi connectivity index (χ1v) is 7.89. The van der Waals surface area contributed by atoms with E-state index in [2.05, 4.69) is 5.32 Å². The Morgan fingerprint density at radius 3 is 2.62 bits per heavy atom. The highest BCUT2D eigenvalue weighted by Crippen LogP contribution is 2.22. The summed E-state index contributed by atoms with van der Waals surface area (Å²) in [6.45, 7) is 2.57. The van der Waals surface area contributed by atoms with Crippen molar-refractivity contribution in [2.24, 2.45) is 5.73 Å². The fourth-order valence-corrected chi connectivity index (χ4v) is 2.54. The lowest BCUT2D eigenvalue weighted by molar-refractivity contribution is -0.116. The van der Waals surface area contributed by atoms with E-state index in [1.807, 2.05) is 31.2 Å². The number of amides is 1. The van der Waals surface area contributed by atoms with Crippen LogP contribution >= 0.6 is 0 Å². The van der Waals surface area contributed by atoms with Gasteiger partial charge in [0.05, 0.1) is 12.7 Å². The topological polar surface area (TPSA) is 64.4 Å². The van der Waals surface area contributed by atoms with Crippen LogP contribution in [0.4, 0.5) is 5.69 Å². The standard InChI is InChI=1S/C17H26N2O2/c1-13(18)6-11-17(20)19-15-9-7-14(8-10-15)12-21-16-4-2-3-5-16/h7-10,13,16H,2-6,11-12,18H2,1H3,(H,19,20). The Bertz CT molecular complexity index is 437. The van der Waals surface area contributed by atoms with Gasteiger partial charge in [-0.05, 0) is 43.9 Å². The van der Waals surface area contributed by atoms with Crippen molar-refractivity contribution in [1.29, 1.82) is 0 Å². The largest absolute Gasteiger partial charge is 0.374 e. The molecule has 1 aromatic rings. The Labute approximate surface area is 127 Å². The average molecular weight is 290 g/mol. The molecule has 0 spiro atoms. The van der Waals surface area contributed by atoms with E-state index < -0.39 is 0 Å². The van der Waals surface area contributed by atoms with Gasteiger partial charge in [0.15, 0.2) is 0 Å². The number of hydrogen-bond acceptors (Lipinski definition) is 3. The van der Waals surface area contributed by atoms with E-state index in [1.165, 1.54) is 25.7 Å². The molecule has 1 saturated carbocycles. The van der Waals surface area contributed by atoms with Gasteiger partial charge < -0.3 is 15.8 Å². The number of carbonyl (C=O) groups excluding carboxylic acids is 1.